The van der Waals surface area contributed by atoms with Gasteiger partial charge in [-0.3, -0.25) is 9.59 Å². The zero-order valence-corrected chi connectivity index (χ0v) is 19.4. The fraction of sp³-hybridized carbons (Fsp3) is 0.107. The molecule has 8 heteroatoms. The predicted octanol–water partition coefficient (Wildman–Crippen LogP) is 4.96. The molecule has 180 valence electrons. The summed E-state index contributed by atoms with van der Waals surface area (Å²) in [7, 11) is 0. The number of nitrogens with one attached hydrogen (secondary N) is 2. The summed E-state index contributed by atoms with van der Waals surface area (Å²) in [5, 5.41) is 3.82. The van der Waals surface area contributed by atoms with Crippen LogP contribution in [-0.4, -0.2) is 20.4 Å². The summed E-state index contributed by atoms with van der Waals surface area (Å²) in [6, 6.07) is 18.2. The third-order valence-electron chi connectivity index (χ3n) is 6.03. The maximum Gasteiger partial charge on any atom is 0.263 e. The molecule has 5 aromatic rings. The summed E-state index contributed by atoms with van der Waals surface area (Å²) in [5.41, 5.74) is 4.58. The fourth-order valence-corrected chi connectivity index (χ4v) is 4.30. The highest BCUT2D eigenvalue weighted by Gasteiger charge is 2.14. The Kier molecular flexibility index (Phi) is 6.16. The van der Waals surface area contributed by atoms with Crippen molar-refractivity contribution >= 4 is 16.9 Å². The third-order valence-corrected chi connectivity index (χ3v) is 6.03. The molecule has 2 aromatic carbocycles. The van der Waals surface area contributed by atoms with Gasteiger partial charge in [-0.2, -0.15) is 0 Å². The molecule has 0 aliphatic carbocycles. The average molecular weight is 485 g/mol. The number of nitrogens with zero attached hydrogens (tertiary/aromatic N) is 2. The van der Waals surface area contributed by atoms with E-state index < -0.39 is 23.1 Å². The first-order valence-electron chi connectivity index (χ1n) is 11.3. The Morgan fingerprint density at radius 1 is 1.00 bits per heavy atom. The van der Waals surface area contributed by atoms with Gasteiger partial charge in [0.15, 0.2) is 11.6 Å². The number of carbonyl (C=O) groups excluding carboxylic acids is 1. The van der Waals surface area contributed by atoms with Crippen LogP contribution in [0.2, 0.25) is 0 Å². The topological polar surface area (TPSA) is 79.8 Å². The SMILES string of the molecule is Cc1[nH]c2ncccc2c1-c1cccc(CNC(=O)c2cccn(Cc3ccc(F)c(F)c3)c2=O)c1. The number of carbonyl (C=O) groups is 1. The van der Waals surface area contributed by atoms with E-state index in [0.717, 1.165) is 45.6 Å². The summed E-state index contributed by atoms with van der Waals surface area (Å²) < 4.78 is 28.0. The van der Waals surface area contributed by atoms with Gasteiger partial charge in [-0.15, -0.1) is 0 Å². The molecule has 0 fully saturated rings. The zero-order chi connectivity index (χ0) is 25.2. The van der Waals surface area contributed by atoms with Crippen molar-refractivity contribution < 1.29 is 13.6 Å². The predicted molar refractivity (Wildman–Crippen MR) is 134 cm³/mol. The van der Waals surface area contributed by atoms with E-state index in [-0.39, 0.29) is 18.7 Å². The van der Waals surface area contributed by atoms with Crippen molar-refractivity contribution in [1.82, 2.24) is 19.9 Å². The van der Waals surface area contributed by atoms with E-state index >= 15 is 0 Å². The summed E-state index contributed by atoms with van der Waals surface area (Å²) in [6.45, 7) is 2.23. The van der Waals surface area contributed by atoms with Crippen molar-refractivity contribution in [3.8, 4) is 11.1 Å². The van der Waals surface area contributed by atoms with Gasteiger partial charge in [0.05, 0.1) is 6.54 Å². The minimum atomic E-state index is -0.990. The Morgan fingerprint density at radius 2 is 1.86 bits per heavy atom. The molecule has 3 heterocycles. The van der Waals surface area contributed by atoms with E-state index in [2.05, 4.69) is 15.3 Å². The van der Waals surface area contributed by atoms with Gasteiger partial charge in [0.25, 0.3) is 11.5 Å². The number of hydrogen-bond donors (Lipinski definition) is 2. The highest BCUT2D eigenvalue weighted by Crippen LogP contribution is 2.31. The van der Waals surface area contributed by atoms with Gasteiger partial charge in [-0.25, -0.2) is 13.8 Å². The van der Waals surface area contributed by atoms with Crippen LogP contribution >= 0.6 is 0 Å². The molecule has 0 aliphatic heterocycles. The van der Waals surface area contributed by atoms with Crippen molar-refractivity contribution in [3.63, 3.8) is 0 Å². The maximum absolute atomic E-state index is 13.5. The number of fused-ring (bicyclic) bond motifs is 1. The molecular weight excluding hydrogens is 462 g/mol. The first kappa shape index (κ1) is 23.2. The number of aromatic amines is 1. The molecule has 3 aromatic heterocycles. The molecule has 6 nitrogen and oxygen atoms in total. The summed E-state index contributed by atoms with van der Waals surface area (Å²) >= 11 is 0. The Balaban J connectivity index is 1.33. The van der Waals surface area contributed by atoms with E-state index in [1.165, 1.54) is 22.9 Å². The van der Waals surface area contributed by atoms with Gasteiger partial charge in [0.2, 0.25) is 0 Å². The standard InChI is InChI=1S/C28H22F2N4O2/c1-17-25(21-7-3-11-31-26(21)33-17)20-6-2-5-18(13-20)15-32-27(35)22-8-4-12-34(28(22)36)16-19-9-10-23(29)24(30)14-19/h2-14H,15-16H2,1H3,(H,31,33)(H,32,35). The van der Waals surface area contributed by atoms with Crippen LogP contribution in [0.5, 0.6) is 0 Å². The van der Waals surface area contributed by atoms with Crippen LogP contribution < -0.4 is 10.9 Å². The Bertz CT molecular complexity index is 1660. The number of pyridine rings is 2. The quantitative estimate of drug-likeness (QED) is 0.358. The molecular formula is C28H22F2N4O2. The summed E-state index contributed by atoms with van der Waals surface area (Å²) in [6.07, 6.45) is 3.24. The number of hydrogen-bond acceptors (Lipinski definition) is 3. The average Bonchev–Trinajstić information content (AvgIpc) is 3.22. The lowest BCUT2D eigenvalue weighted by atomic mass is 10.0. The minimum Gasteiger partial charge on any atom is -0.348 e. The molecule has 0 unspecified atom stereocenters. The molecule has 36 heavy (non-hydrogen) atoms. The number of H-pyrrole nitrogens is 1. The lowest BCUT2D eigenvalue weighted by Gasteiger charge is -2.10. The van der Waals surface area contributed by atoms with Crippen LogP contribution in [0, 0.1) is 18.6 Å². The van der Waals surface area contributed by atoms with Crippen molar-refractivity contribution in [1.29, 1.82) is 0 Å². The van der Waals surface area contributed by atoms with Crippen LogP contribution in [0.4, 0.5) is 8.78 Å². The van der Waals surface area contributed by atoms with E-state index in [1.54, 1.807) is 12.3 Å². The van der Waals surface area contributed by atoms with Crippen LogP contribution in [0.15, 0.2) is 83.9 Å². The van der Waals surface area contributed by atoms with Crippen molar-refractivity contribution in [3.05, 3.63) is 123 Å². The van der Waals surface area contributed by atoms with Gasteiger partial charge in [0.1, 0.15) is 11.2 Å². The van der Waals surface area contributed by atoms with Crippen LogP contribution in [-0.2, 0) is 13.1 Å². The molecule has 2 N–H and O–H groups in total. The normalized spacial score (nSPS) is 11.1. The molecule has 0 saturated carbocycles. The first-order valence-corrected chi connectivity index (χ1v) is 11.3. The second kappa shape index (κ2) is 9.58. The number of amides is 1. The van der Waals surface area contributed by atoms with Crippen molar-refractivity contribution in [2.24, 2.45) is 0 Å². The summed E-state index contributed by atoms with van der Waals surface area (Å²) in [4.78, 5) is 33.4. The van der Waals surface area contributed by atoms with E-state index in [4.69, 9.17) is 0 Å². The molecule has 0 bridgehead atoms. The second-order valence-corrected chi connectivity index (χ2v) is 8.51. The molecule has 0 spiro atoms. The minimum absolute atomic E-state index is 0.0119. The molecule has 1 amide bonds. The van der Waals surface area contributed by atoms with Crippen molar-refractivity contribution in [2.75, 3.05) is 0 Å². The van der Waals surface area contributed by atoms with Gasteiger partial charge < -0.3 is 14.9 Å². The summed E-state index contributed by atoms with van der Waals surface area (Å²) in [5.74, 6) is -2.46. The van der Waals surface area contributed by atoms with Crippen LogP contribution in [0.3, 0.4) is 0 Å². The zero-order valence-electron chi connectivity index (χ0n) is 19.4. The third kappa shape index (κ3) is 4.53. The largest absolute Gasteiger partial charge is 0.348 e. The highest BCUT2D eigenvalue weighted by molar-refractivity contribution is 5.96. The highest BCUT2D eigenvalue weighted by atomic mass is 19.2. The molecule has 0 saturated heterocycles. The van der Waals surface area contributed by atoms with Crippen molar-refractivity contribution in [2.45, 2.75) is 20.0 Å². The Labute approximate surface area is 205 Å². The first-order chi connectivity index (χ1) is 17.4. The van der Waals surface area contributed by atoms with Gasteiger partial charge in [-0.1, -0.05) is 24.3 Å². The lowest BCUT2D eigenvalue weighted by Crippen LogP contribution is -2.32. The smallest absolute Gasteiger partial charge is 0.263 e. The monoisotopic (exact) mass is 484 g/mol. The van der Waals surface area contributed by atoms with Gasteiger partial charge in [-0.05, 0) is 66.1 Å². The Morgan fingerprint density at radius 3 is 2.69 bits per heavy atom. The van der Waals surface area contributed by atoms with Gasteiger partial charge >= 0.3 is 0 Å². The maximum atomic E-state index is 13.5. The Hall–Kier alpha value is -4.59. The second-order valence-electron chi connectivity index (χ2n) is 8.51. The number of benzene rings is 2. The molecule has 0 atom stereocenters. The lowest BCUT2D eigenvalue weighted by molar-refractivity contribution is 0.0948. The van der Waals surface area contributed by atoms with E-state index in [9.17, 15) is 18.4 Å². The molecule has 0 aliphatic rings. The van der Waals surface area contributed by atoms with E-state index in [1.807, 2.05) is 43.3 Å². The number of aryl methyl sites for hydroxylation is 1. The molecule has 5 rings (SSSR count). The van der Waals surface area contributed by atoms with Gasteiger partial charge in [0, 0.05) is 35.6 Å². The number of aromatic nitrogens is 3. The number of halogens is 2. The van der Waals surface area contributed by atoms with Crippen LogP contribution in [0.25, 0.3) is 22.2 Å². The number of rotatable bonds is 6. The van der Waals surface area contributed by atoms with E-state index in [0.29, 0.717) is 5.56 Å². The van der Waals surface area contributed by atoms with Crippen LogP contribution in [0.1, 0.15) is 27.2 Å². The molecule has 0 radical (unpaired) electrons. The fourth-order valence-electron chi connectivity index (χ4n) is 4.30.